The molecule has 37 heavy (non-hydrogen) atoms. The summed E-state index contributed by atoms with van der Waals surface area (Å²) in [5, 5.41) is 5.51. The van der Waals surface area contributed by atoms with Crippen LogP contribution in [0.25, 0.3) is 16.5 Å². The summed E-state index contributed by atoms with van der Waals surface area (Å²) < 4.78 is 17.5. The molecule has 1 aromatic heterocycles. The number of carbonyl (C=O) groups is 1. The average molecular weight is 501 g/mol. The standard InChI is InChI=1S/C28H28N4O5/c1-35-20-16-19(17-21(18-20)36-2)32-27(33)23-9-5-4-8-22(23)26(29-32)28(34)31-14-12-30(13-15-31)24-10-6-7-11-25(24)37-3/h4-11,16-18H,12-15H2,1-3H3. The van der Waals surface area contributed by atoms with E-state index in [0.29, 0.717) is 54.1 Å². The molecule has 5 rings (SSSR count). The summed E-state index contributed by atoms with van der Waals surface area (Å²) in [7, 11) is 4.73. The molecule has 1 fully saturated rings. The Bertz CT molecular complexity index is 1490. The second kappa shape index (κ2) is 10.2. The fourth-order valence-corrected chi connectivity index (χ4v) is 4.63. The molecule has 0 atom stereocenters. The first-order valence-electron chi connectivity index (χ1n) is 12.0. The fraction of sp³-hybridized carbons (Fsp3) is 0.250. The maximum absolute atomic E-state index is 13.8. The number of amides is 1. The molecule has 1 saturated heterocycles. The summed E-state index contributed by atoms with van der Waals surface area (Å²) in [6.07, 6.45) is 0. The highest BCUT2D eigenvalue weighted by Crippen LogP contribution is 2.29. The molecule has 1 aliphatic heterocycles. The number of rotatable bonds is 6. The number of para-hydroxylation sites is 2. The Morgan fingerprint density at radius 2 is 1.41 bits per heavy atom. The van der Waals surface area contributed by atoms with Gasteiger partial charge in [0.05, 0.1) is 38.1 Å². The minimum absolute atomic E-state index is 0.223. The van der Waals surface area contributed by atoms with Crippen LogP contribution in [-0.2, 0) is 0 Å². The molecular formula is C28H28N4O5. The van der Waals surface area contributed by atoms with Gasteiger partial charge in [-0.1, -0.05) is 30.3 Å². The second-order valence-corrected chi connectivity index (χ2v) is 8.63. The molecule has 3 aromatic carbocycles. The Morgan fingerprint density at radius 1 is 0.784 bits per heavy atom. The normalized spacial score (nSPS) is 13.5. The van der Waals surface area contributed by atoms with E-state index < -0.39 is 0 Å². The number of piperazine rings is 1. The van der Waals surface area contributed by atoms with E-state index in [4.69, 9.17) is 14.2 Å². The number of methoxy groups -OCH3 is 3. The first-order valence-corrected chi connectivity index (χ1v) is 12.0. The molecule has 2 heterocycles. The summed E-state index contributed by atoms with van der Waals surface area (Å²) in [6.45, 7) is 2.32. The number of benzene rings is 3. The molecule has 190 valence electrons. The van der Waals surface area contributed by atoms with Gasteiger partial charge in [0.1, 0.15) is 17.2 Å². The van der Waals surface area contributed by atoms with Crippen molar-refractivity contribution in [2.45, 2.75) is 0 Å². The van der Waals surface area contributed by atoms with Crippen LogP contribution in [0.1, 0.15) is 10.5 Å². The van der Waals surface area contributed by atoms with Crippen molar-refractivity contribution < 1.29 is 19.0 Å². The SMILES string of the molecule is COc1cc(OC)cc(-n2nc(C(=O)N3CCN(c4ccccc4OC)CC3)c3ccccc3c2=O)c1. The van der Waals surface area contributed by atoms with E-state index in [1.54, 1.807) is 54.5 Å². The highest BCUT2D eigenvalue weighted by molar-refractivity contribution is 6.05. The zero-order chi connectivity index (χ0) is 25.9. The Labute approximate surface area is 214 Å². The maximum atomic E-state index is 13.8. The third kappa shape index (κ3) is 4.55. The van der Waals surface area contributed by atoms with Gasteiger partial charge in [0.15, 0.2) is 5.69 Å². The zero-order valence-corrected chi connectivity index (χ0v) is 21.0. The summed E-state index contributed by atoms with van der Waals surface area (Å²) >= 11 is 0. The van der Waals surface area contributed by atoms with Crippen LogP contribution < -0.4 is 24.7 Å². The average Bonchev–Trinajstić information content (AvgIpc) is 2.97. The van der Waals surface area contributed by atoms with E-state index >= 15 is 0 Å². The first kappa shape index (κ1) is 24.2. The van der Waals surface area contributed by atoms with Crippen LogP contribution in [-0.4, -0.2) is 68.1 Å². The molecule has 0 spiro atoms. The van der Waals surface area contributed by atoms with E-state index in [-0.39, 0.29) is 17.2 Å². The number of anilines is 1. The number of hydrogen-bond acceptors (Lipinski definition) is 7. The second-order valence-electron chi connectivity index (χ2n) is 8.63. The van der Waals surface area contributed by atoms with Crippen LogP contribution in [0, 0.1) is 0 Å². The molecule has 0 unspecified atom stereocenters. The molecule has 1 amide bonds. The van der Waals surface area contributed by atoms with Crippen LogP contribution >= 0.6 is 0 Å². The van der Waals surface area contributed by atoms with Crippen molar-refractivity contribution >= 4 is 22.4 Å². The predicted molar refractivity (Wildman–Crippen MR) is 142 cm³/mol. The molecule has 9 nitrogen and oxygen atoms in total. The first-order chi connectivity index (χ1) is 18.0. The largest absolute Gasteiger partial charge is 0.497 e. The van der Waals surface area contributed by atoms with Crippen LogP contribution in [0.15, 0.2) is 71.5 Å². The molecule has 1 aliphatic rings. The van der Waals surface area contributed by atoms with Crippen molar-refractivity contribution in [1.82, 2.24) is 14.7 Å². The van der Waals surface area contributed by atoms with Gasteiger partial charge in [0, 0.05) is 49.8 Å². The lowest BCUT2D eigenvalue weighted by Crippen LogP contribution is -2.49. The van der Waals surface area contributed by atoms with Crippen molar-refractivity contribution in [1.29, 1.82) is 0 Å². The molecule has 9 heteroatoms. The number of aromatic nitrogens is 2. The summed E-state index contributed by atoms with van der Waals surface area (Å²) in [6, 6.07) is 20.0. The van der Waals surface area contributed by atoms with E-state index in [0.717, 1.165) is 11.4 Å². The number of carbonyl (C=O) groups excluding carboxylic acids is 1. The molecule has 0 radical (unpaired) electrons. The Kier molecular flexibility index (Phi) is 6.68. The number of hydrogen-bond donors (Lipinski definition) is 0. The number of ether oxygens (including phenoxy) is 3. The van der Waals surface area contributed by atoms with Gasteiger partial charge >= 0.3 is 0 Å². The number of nitrogens with zero attached hydrogens (tertiary/aromatic N) is 4. The van der Waals surface area contributed by atoms with E-state index in [2.05, 4.69) is 10.00 Å². The monoisotopic (exact) mass is 500 g/mol. The van der Waals surface area contributed by atoms with Crippen LogP contribution in [0.5, 0.6) is 17.2 Å². The van der Waals surface area contributed by atoms with Gasteiger partial charge in [-0.25, -0.2) is 0 Å². The summed E-state index contributed by atoms with van der Waals surface area (Å²) in [4.78, 5) is 31.2. The summed E-state index contributed by atoms with van der Waals surface area (Å²) in [5.74, 6) is 1.60. The lowest BCUT2D eigenvalue weighted by molar-refractivity contribution is 0.0741. The van der Waals surface area contributed by atoms with Gasteiger partial charge in [-0.15, -0.1) is 0 Å². The van der Waals surface area contributed by atoms with E-state index in [1.807, 2.05) is 24.3 Å². The molecule has 4 aromatic rings. The quantitative estimate of drug-likeness (QED) is 0.401. The lowest BCUT2D eigenvalue weighted by atomic mass is 10.1. The van der Waals surface area contributed by atoms with Gasteiger partial charge in [-0.3, -0.25) is 9.59 Å². The van der Waals surface area contributed by atoms with Crippen molar-refractivity contribution in [3.8, 4) is 22.9 Å². The van der Waals surface area contributed by atoms with Gasteiger partial charge in [-0.2, -0.15) is 9.78 Å². The molecule has 0 bridgehead atoms. The lowest BCUT2D eigenvalue weighted by Gasteiger charge is -2.36. The fourth-order valence-electron chi connectivity index (χ4n) is 4.63. The molecular weight excluding hydrogens is 472 g/mol. The van der Waals surface area contributed by atoms with E-state index in [1.165, 1.54) is 18.9 Å². The minimum Gasteiger partial charge on any atom is -0.497 e. The smallest absolute Gasteiger partial charge is 0.279 e. The van der Waals surface area contributed by atoms with Gasteiger partial charge in [-0.05, 0) is 18.2 Å². The van der Waals surface area contributed by atoms with Crippen LogP contribution in [0.2, 0.25) is 0 Å². The third-order valence-electron chi connectivity index (χ3n) is 6.58. The van der Waals surface area contributed by atoms with Gasteiger partial charge < -0.3 is 24.0 Å². The van der Waals surface area contributed by atoms with Crippen molar-refractivity contribution in [2.24, 2.45) is 0 Å². The van der Waals surface area contributed by atoms with Crippen LogP contribution in [0.3, 0.4) is 0 Å². The van der Waals surface area contributed by atoms with Crippen molar-refractivity contribution in [3.63, 3.8) is 0 Å². The highest BCUT2D eigenvalue weighted by atomic mass is 16.5. The summed E-state index contributed by atoms with van der Waals surface area (Å²) in [5.41, 5.74) is 1.34. The third-order valence-corrected chi connectivity index (χ3v) is 6.58. The zero-order valence-electron chi connectivity index (χ0n) is 21.0. The molecule has 0 saturated carbocycles. The Balaban J connectivity index is 1.51. The molecule has 0 aliphatic carbocycles. The minimum atomic E-state index is -0.330. The van der Waals surface area contributed by atoms with Crippen molar-refractivity contribution in [3.05, 3.63) is 82.8 Å². The Hall–Kier alpha value is -4.53. The Morgan fingerprint density at radius 3 is 2.05 bits per heavy atom. The van der Waals surface area contributed by atoms with Crippen LogP contribution in [0.4, 0.5) is 5.69 Å². The topological polar surface area (TPSA) is 86.1 Å². The van der Waals surface area contributed by atoms with Crippen molar-refractivity contribution in [2.75, 3.05) is 52.4 Å². The maximum Gasteiger partial charge on any atom is 0.279 e. The van der Waals surface area contributed by atoms with Gasteiger partial charge in [0.25, 0.3) is 11.5 Å². The predicted octanol–water partition coefficient (Wildman–Crippen LogP) is 3.37. The van der Waals surface area contributed by atoms with Gasteiger partial charge in [0.2, 0.25) is 0 Å². The van der Waals surface area contributed by atoms with E-state index in [9.17, 15) is 9.59 Å². The highest BCUT2D eigenvalue weighted by Gasteiger charge is 2.27. The molecule has 0 N–H and O–H groups in total. The number of fused-ring (bicyclic) bond motifs is 1.